The molecule has 9 heteroatoms. The summed E-state index contributed by atoms with van der Waals surface area (Å²) >= 11 is 2.28. The Bertz CT molecular complexity index is 2030. The molecule has 0 spiro atoms. The smallest absolute Gasteiger partial charge is 0.308 e. The van der Waals surface area contributed by atoms with Crippen LogP contribution < -0.4 is 15.1 Å². The third kappa shape index (κ3) is 5.19. The van der Waals surface area contributed by atoms with Crippen molar-refractivity contribution in [2.75, 3.05) is 10.2 Å². The second-order valence-corrected chi connectivity index (χ2v) is 14.6. The van der Waals surface area contributed by atoms with Crippen LogP contribution in [0.25, 0.3) is 10.8 Å². The fourth-order valence-electron chi connectivity index (χ4n) is 6.25. The van der Waals surface area contributed by atoms with E-state index in [1.54, 1.807) is 24.3 Å². The Morgan fingerprint density at radius 2 is 1.51 bits per heavy atom. The van der Waals surface area contributed by atoms with Gasteiger partial charge in [0.1, 0.15) is 11.8 Å². The van der Waals surface area contributed by atoms with Crippen LogP contribution in [0.15, 0.2) is 107 Å². The summed E-state index contributed by atoms with van der Waals surface area (Å²) in [4.78, 5) is 56.5. The second kappa shape index (κ2) is 11.2. The van der Waals surface area contributed by atoms with Crippen molar-refractivity contribution < 1.29 is 14.4 Å². The summed E-state index contributed by atoms with van der Waals surface area (Å²) in [5, 5.41) is 4.82. The fourth-order valence-corrected chi connectivity index (χ4v) is 9.02. The van der Waals surface area contributed by atoms with Crippen LogP contribution in [0.5, 0.6) is 0 Å². The second-order valence-electron chi connectivity index (χ2n) is 12.5. The van der Waals surface area contributed by atoms with E-state index in [0.717, 1.165) is 33.2 Å². The zero-order valence-electron chi connectivity index (χ0n) is 25.0. The molecule has 2 aliphatic rings. The molecule has 3 atom stereocenters. The summed E-state index contributed by atoms with van der Waals surface area (Å²) in [5.41, 5.74) is 3.11. The lowest BCUT2D eigenvalue weighted by Gasteiger charge is -2.31. The lowest BCUT2D eigenvalue weighted by atomic mass is 9.81. The number of nitrogens with one attached hydrogen (secondary N) is 1. The van der Waals surface area contributed by atoms with Crippen molar-refractivity contribution in [2.45, 2.75) is 48.9 Å². The number of carbonyl (C=O) groups excluding carboxylic acids is 3. The number of anilines is 2. The van der Waals surface area contributed by atoms with Gasteiger partial charge in [0.15, 0.2) is 0 Å². The van der Waals surface area contributed by atoms with Crippen molar-refractivity contribution in [3.8, 4) is 0 Å². The first kappa shape index (κ1) is 29.3. The Labute approximate surface area is 268 Å². The topological polar surface area (TPSA) is 88.5 Å². The van der Waals surface area contributed by atoms with Crippen molar-refractivity contribution >= 4 is 63.0 Å². The average molecular weight is 634 g/mol. The minimum absolute atomic E-state index is 0.0650. The van der Waals surface area contributed by atoms with Gasteiger partial charge < -0.3 is 5.32 Å². The molecule has 1 aromatic heterocycles. The first-order valence-corrected chi connectivity index (χ1v) is 16.5. The number of carbonyl (C=O) groups is 3. The highest BCUT2D eigenvalue weighted by atomic mass is 32.2. The maximum Gasteiger partial charge on any atom is 0.308 e. The molecule has 7 nitrogen and oxygen atoms in total. The first-order valence-electron chi connectivity index (χ1n) is 14.8. The quantitative estimate of drug-likeness (QED) is 0.215. The molecule has 5 aromatic rings. The molecule has 0 aliphatic carbocycles. The molecule has 3 unspecified atom stereocenters. The molecule has 1 N–H and O–H groups in total. The van der Waals surface area contributed by atoms with Gasteiger partial charge in [-0.05, 0) is 51.6 Å². The van der Waals surface area contributed by atoms with Crippen molar-refractivity contribution in [1.29, 1.82) is 0 Å². The van der Waals surface area contributed by atoms with Crippen molar-refractivity contribution in [3.05, 3.63) is 123 Å². The maximum absolute atomic E-state index is 14.1. The molecule has 0 radical (unpaired) electrons. The Hall–Kier alpha value is -4.47. The molecule has 3 heterocycles. The van der Waals surface area contributed by atoms with Gasteiger partial charge in [-0.2, -0.15) is 0 Å². The van der Waals surface area contributed by atoms with Gasteiger partial charge >= 0.3 is 4.87 Å². The van der Waals surface area contributed by atoms with E-state index >= 15 is 0 Å². The predicted molar refractivity (Wildman–Crippen MR) is 180 cm³/mol. The molecule has 45 heavy (non-hydrogen) atoms. The molecule has 0 bridgehead atoms. The van der Waals surface area contributed by atoms with Gasteiger partial charge in [0.05, 0.1) is 16.6 Å². The van der Waals surface area contributed by atoms with E-state index in [0.29, 0.717) is 21.3 Å². The van der Waals surface area contributed by atoms with Gasteiger partial charge in [0.2, 0.25) is 17.7 Å². The largest absolute Gasteiger partial charge is 0.325 e. The highest BCUT2D eigenvalue weighted by Crippen LogP contribution is 2.54. The van der Waals surface area contributed by atoms with Crippen molar-refractivity contribution in [1.82, 2.24) is 4.57 Å². The number of thiazole rings is 1. The van der Waals surface area contributed by atoms with Crippen LogP contribution in [0.3, 0.4) is 0 Å². The van der Waals surface area contributed by atoms with Crippen LogP contribution in [0.1, 0.15) is 42.7 Å². The van der Waals surface area contributed by atoms with Crippen LogP contribution in [0, 0.1) is 5.92 Å². The third-order valence-corrected chi connectivity index (χ3v) is 11.1. The van der Waals surface area contributed by atoms with Crippen LogP contribution in [0.2, 0.25) is 0 Å². The number of nitrogens with zero attached hydrogens (tertiary/aromatic N) is 2. The summed E-state index contributed by atoms with van der Waals surface area (Å²) in [5.74, 6) is -2.13. The summed E-state index contributed by atoms with van der Waals surface area (Å²) in [6, 6.07) is 30.6. The SMILES string of the molecule is CC(C)(C)c1ccc(C2c3sc(=O)n(CC(=O)Nc4ccc5ccccc5c4)c3SC3C(=O)N(c4ccccc4)C(=O)C32)cc1. The number of benzene rings is 4. The Balaban J connectivity index is 1.27. The Kier molecular flexibility index (Phi) is 7.25. The average Bonchev–Trinajstić information content (AvgIpc) is 3.47. The highest BCUT2D eigenvalue weighted by Gasteiger charge is 2.56. The number of thioether (sulfide) groups is 1. The number of rotatable bonds is 5. The van der Waals surface area contributed by atoms with Crippen molar-refractivity contribution in [3.63, 3.8) is 0 Å². The van der Waals surface area contributed by atoms with Gasteiger partial charge in [-0.15, -0.1) is 0 Å². The molecule has 226 valence electrons. The van der Waals surface area contributed by atoms with E-state index in [1.807, 2.05) is 60.7 Å². The maximum atomic E-state index is 14.1. The molecular formula is C36H31N3O4S2. The van der Waals surface area contributed by atoms with Gasteiger partial charge in [0.25, 0.3) is 0 Å². The van der Waals surface area contributed by atoms with Crippen LogP contribution in [-0.4, -0.2) is 27.5 Å². The summed E-state index contributed by atoms with van der Waals surface area (Å²) < 4.78 is 1.46. The molecule has 2 aliphatic heterocycles. The van der Waals surface area contributed by atoms with Crippen LogP contribution >= 0.6 is 23.1 Å². The fraction of sp³-hybridized carbons (Fsp3) is 0.222. The van der Waals surface area contributed by atoms with Gasteiger partial charge in [-0.1, -0.05) is 117 Å². The first-order chi connectivity index (χ1) is 21.6. The number of fused-ring (bicyclic) bond motifs is 3. The normalized spacial score (nSPS) is 19.4. The number of aromatic nitrogens is 1. The van der Waals surface area contributed by atoms with E-state index in [4.69, 9.17) is 0 Å². The zero-order valence-corrected chi connectivity index (χ0v) is 26.7. The third-order valence-electron chi connectivity index (χ3n) is 8.53. The van der Waals surface area contributed by atoms with E-state index in [2.05, 4.69) is 38.2 Å². The molecule has 4 aromatic carbocycles. The van der Waals surface area contributed by atoms with Gasteiger partial charge in [-0.25, -0.2) is 4.90 Å². The lowest BCUT2D eigenvalue weighted by Crippen LogP contribution is -2.33. The number of amides is 3. The number of para-hydroxylation sites is 1. The Morgan fingerprint density at radius 3 is 2.22 bits per heavy atom. The van der Waals surface area contributed by atoms with E-state index in [-0.39, 0.29) is 34.6 Å². The van der Waals surface area contributed by atoms with Crippen LogP contribution in [0.4, 0.5) is 11.4 Å². The molecule has 0 saturated carbocycles. The number of hydrogen-bond donors (Lipinski definition) is 1. The summed E-state index contributed by atoms with van der Waals surface area (Å²) in [6.45, 7) is 6.21. The highest BCUT2D eigenvalue weighted by molar-refractivity contribution is 8.00. The standard InChI is InChI=1S/C36H31N3O4S2/c1-36(2,3)24-16-13-22(14-17-24)28-29-30(33(42)39(32(29)41)26-11-5-4-6-12-26)44-34-31(28)45-35(43)38(34)20-27(40)37-25-18-15-21-9-7-8-10-23(21)19-25/h4-19,28-30H,20H2,1-3H3,(H,37,40). The van der Waals surface area contributed by atoms with Gasteiger partial charge in [0, 0.05) is 16.5 Å². The van der Waals surface area contributed by atoms with Crippen LogP contribution in [-0.2, 0) is 26.3 Å². The zero-order chi connectivity index (χ0) is 31.5. The molecule has 1 fully saturated rings. The molecule has 3 amide bonds. The minimum Gasteiger partial charge on any atom is -0.325 e. The van der Waals surface area contributed by atoms with E-state index < -0.39 is 17.1 Å². The van der Waals surface area contributed by atoms with E-state index in [9.17, 15) is 19.2 Å². The predicted octanol–water partition coefficient (Wildman–Crippen LogP) is 6.80. The molecular weight excluding hydrogens is 603 g/mol. The molecule has 7 rings (SSSR count). The monoisotopic (exact) mass is 633 g/mol. The van der Waals surface area contributed by atoms with Gasteiger partial charge in [-0.3, -0.25) is 23.7 Å². The molecule has 1 saturated heterocycles. The Morgan fingerprint density at radius 1 is 0.822 bits per heavy atom. The number of hydrogen-bond acceptors (Lipinski definition) is 6. The summed E-state index contributed by atoms with van der Waals surface area (Å²) in [6.07, 6.45) is 0. The number of imide groups is 1. The minimum atomic E-state index is -0.735. The lowest BCUT2D eigenvalue weighted by molar-refractivity contribution is -0.122. The van der Waals surface area contributed by atoms with E-state index in [1.165, 1.54) is 21.2 Å². The van der Waals surface area contributed by atoms with Crippen molar-refractivity contribution in [2.24, 2.45) is 5.92 Å². The summed E-state index contributed by atoms with van der Waals surface area (Å²) in [7, 11) is 0.